The average molecular weight is 524 g/mol. The van der Waals surface area contributed by atoms with Crippen LogP contribution in [-0.2, 0) is 16.1 Å². The van der Waals surface area contributed by atoms with Crippen LogP contribution in [0.3, 0.4) is 0 Å². The first-order valence-electron chi connectivity index (χ1n) is 14.4. The molecular weight excluding hydrogens is 482 g/mol. The third kappa shape index (κ3) is 5.72. The Kier molecular flexibility index (Phi) is 8.31. The normalized spacial score (nSPS) is 24.1. The number of aryl methyl sites for hydroxylation is 1. The molecule has 1 unspecified atom stereocenters. The highest BCUT2D eigenvalue weighted by molar-refractivity contribution is 5.86. The van der Waals surface area contributed by atoms with Crippen LogP contribution >= 0.6 is 0 Å². The molecule has 9 nitrogen and oxygen atoms in total. The number of fused-ring (bicyclic) bond motifs is 1. The van der Waals surface area contributed by atoms with Gasteiger partial charge in [0.05, 0.1) is 17.6 Å². The lowest BCUT2D eigenvalue weighted by Gasteiger charge is -2.37. The van der Waals surface area contributed by atoms with E-state index < -0.39 is 5.97 Å². The number of amides is 1. The molecule has 3 aliphatic rings. The van der Waals surface area contributed by atoms with E-state index in [1.165, 1.54) is 62.7 Å². The summed E-state index contributed by atoms with van der Waals surface area (Å²) in [5, 5.41) is 9.08. The second-order valence-corrected chi connectivity index (χ2v) is 11.3. The molecule has 2 aromatic rings. The summed E-state index contributed by atoms with van der Waals surface area (Å²) in [6, 6.07) is 9.41. The van der Waals surface area contributed by atoms with Gasteiger partial charge in [0.25, 0.3) is 5.56 Å². The van der Waals surface area contributed by atoms with Crippen molar-refractivity contribution in [1.29, 1.82) is 0 Å². The summed E-state index contributed by atoms with van der Waals surface area (Å²) in [6.45, 7) is 3.27. The number of carboxylic acid groups (broad SMARTS) is 1. The predicted molar refractivity (Wildman–Crippen MR) is 147 cm³/mol. The van der Waals surface area contributed by atoms with Crippen LogP contribution in [0.1, 0.15) is 71.1 Å². The van der Waals surface area contributed by atoms with Crippen LogP contribution in [0.5, 0.6) is 0 Å². The zero-order valence-electron chi connectivity index (χ0n) is 22.6. The monoisotopic (exact) mass is 523 g/mol. The number of aliphatic carboxylic acids is 1. The first kappa shape index (κ1) is 26.7. The smallest absolute Gasteiger partial charge is 0.323 e. The van der Waals surface area contributed by atoms with E-state index in [1.54, 1.807) is 4.90 Å². The van der Waals surface area contributed by atoms with Gasteiger partial charge in [-0.1, -0.05) is 44.2 Å². The van der Waals surface area contributed by atoms with Gasteiger partial charge in [-0.15, -0.1) is 0 Å². The lowest BCUT2D eigenvalue weighted by molar-refractivity contribution is -0.144. The molecule has 1 aromatic carbocycles. The minimum atomic E-state index is -1.03. The number of hydrogen-bond donors (Lipinski definition) is 1. The third-order valence-electron chi connectivity index (χ3n) is 8.81. The first-order chi connectivity index (χ1) is 18.4. The number of carboxylic acids is 1. The number of rotatable bonds is 7. The van der Waals surface area contributed by atoms with Crippen molar-refractivity contribution < 1.29 is 14.7 Å². The summed E-state index contributed by atoms with van der Waals surface area (Å²) in [7, 11) is 0. The first-order valence-corrected chi connectivity index (χ1v) is 14.4. The Labute approximate surface area is 224 Å². The van der Waals surface area contributed by atoms with E-state index in [-0.39, 0.29) is 36.9 Å². The molecule has 2 saturated heterocycles. The van der Waals surface area contributed by atoms with Crippen molar-refractivity contribution in [3.05, 3.63) is 34.6 Å². The van der Waals surface area contributed by atoms with Crippen molar-refractivity contribution in [3.8, 4) is 0 Å². The summed E-state index contributed by atoms with van der Waals surface area (Å²) in [6.07, 6.45) is 12.5. The largest absolute Gasteiger partial charge is 0.480 e. The van der Waals surface area contributed by atoms with Gasteiger partial charge in [0.15, 0.2) is 5.82 Å². The van der Waals surface area contributed by atoms with E-state index in [4.69, 9.17) is 5.11 Å². The van der Waals surface area contributed by atoms with Gasteiger partial charge in [0.2, 0.25) is 5.91 Å². The summed E-state index contributed by atoms with van der Waals surface area (Å²) in [5.74, 6) is -1.05. The maximum absolute atomic E-state index is 13.8. The molecular formula is C29H41N5O4. The number of carbonyl (C=O) groups excluding carboxylic acids is 1. The van der Waals surface area contributed by atoms with Crippen molar-refractivity contribution >= 4 is 28.7 Å². The molecule has 5 rings (SSSR count). The fraction of sp³-hybridized carbons (Fsp3) is 0.655. The molecule has 0 radical (unpaired) electrons. The Morgan fingerprint density at radius 1 is 1.00 bits per heavy atom. The zero-order valence-corrected chi connectivity index (χ0v) is 22.6. The molecule has 9 heteroatoms. The van der Waals surface area contributed by atoms with Crippen LogP contribution < -0.4 is 10.5 Å². The van der Waals surface area contributed by atoms with E-state index in [0.717, 1.165) is 17.5 Å². The maximum atomic E-state index is 13.8. The number of likely N-dealkylation sites (tertiary alicyclic amines) is 1. The number of nitrogens with zero attached hydrogens (tertiary/aromatic N) is 5. The molecule has 3 fully saturated rings. The van der Waals surface area contributed by atoms with E-state index in [2.05, 4.69) is 16.8 Å². The maximum Gasteiger partial charge on any atom is 0.323 e. The Morgan fingerprint density at radius 3 is 2.47 bits per heavy atom. The molecule has 2 aliphatic heterocycles. The fourth-order valence-electron chi connectivity index (χ4n) is 6.88. The van der Waals surface area contributed by atoms with Crippen molar-refractivity contribution in [2.45, 2.75) is 95.8 Å². The number of carbonyl (C=O) groups is 2. The van der Waals surface area contributed by atoms with E-state index in [1.807, 2.05) is 28.8 Å². The fourth-order valence-corrected chi connectivity index (χ4v) is 6.88. The van der Waals surface area contributed by atoms with Crippen molar-refractivity contribution in [1.82, 2.24) is 19.4 Å². The molecule has 0 spiro atoms. The van der Waals surface area contributed by atoms with E-state index in [9.17, 15) is 14.4 Å². The molecule has 1 saturated carbocycles. The number of anilines is 1. The SMILES string of the molecule is CC1CC[C@@H](CCn2c(=O)c(N3CCN(CC(=O)O)C(=O)C3)nc3ccccc32)N1C1CCCCCCC1. The molecule has 0 bridgehead atoms. The van der Waals surface area contributed by atoms with Gasteiger partial charge in [0.1, 0.15) is 6.54 Å². The summed E-state index contributed by atoms with van der Waals surface area (Å²) < 4.78 is 1.85. The lowest BCUT2D eigenvalue weighted by Crippen LogP contribution is -2.53. The van der Waals surface area contributed by atoms with Crippen LogP contribution in [0.4, 0.5) is 5.82 Å². The summed E-state index contributed by atoms with van der Waals surface area (Å²) in [5.41, 5.74) is 1.38. The van der Waals surface area contributed by atoms with Gasteiger partial charge >= 0.3 is 5.97 Å². The van der Waals surface area contributed by atoms with E-state index in [0.29, 0.717) is 31.2 Å². The average Bonchev–Trinajstić information content (AvgIpc) is 3.24. The quantitative estimate of drug-likeness (QED) is 0.593. The second-order valence-electron chi connectivity index (χ2n) is 11.3. The van der Waals surface area contributed by atoms with Crippen LogP contribution in [0.2, 0.25) is 0 Å². The molecule has 1 amide bonds. The molecule has 1 N–H and O–H groups in total. The van der Waals surface area contributed by atoms with Crippen LogP contribution in [0, 0.1) is 0 Å². The van der Waals surface area contributed by atoms with Crippen molar-refractivity contribution in [2.24, 2.45) is 0 Å². The van der Waals surface area contributed by atoms with E-state index >= 15 is 0 Å². The van der Waals surface area contributed by atoms with Crippen molar-refractivity contribution in [3.63, 3.8) is 0 Å². The summed E-state index contributed by atoms with van der Waals surface area (Å²) in [4.78, 5) is 48.0. The van der Waals surface area contributed by atoms with Gasteiger partial charge in [-0.3, -0.25) is 19.3 Å². The number of para-hydroxylation sites is 2. The second kappa shape index (κ2) is 11.8. The molecule has 206 valence electrons. The molecule has 1 aliphatic carbocycles. The predicted octanol–water partition coefficient (Wildman–Crippen LogP) is 3.49. The Morgan fingerprint density at radius 2 is 1.74 bits per heavy atom. The minimum absolute atomic E-state index is 0.0382. The number of benzene rings is 1. The number of hydrogen-bond acceptors (Lipinski definition) is 6. The number of piperazine rings is 1. The van der Waals surface area contributed by atoms with Crippen LogP contribution in [0.25, 0.3) is 11.0 Å². The topological polar surface area (TPSA) is 99.0 Å². The Balaban J connectivity index is 1.37. The molecule has 38 heavy (non-hydrogen) atoms. The minimum Gasteiger partial charge on any atom is -0.480 e. The van der Waals surface area contributed by atoms with Crippen LogP contribution in [0.15, 0.2) is 29.1 Å². The zero-order chi connectivity index (χ0) is 26.6. The highest BCUT2D eigenvalue weighted by atomic mass is 16.4. The van der Waals surface area contributed by atoms with Gasteiger partial charge in [0, 0.05) is 37.8 Å². The van der Waals surface area contributed by atoms with Gasteiger partial charge in [-0.2, -0.15) is 0 Å². The Hall–Kier alpha value is -2.94. The highest BCUT2D eigenvalue weighted by Gasteiger charge is 2.35. The molecule has 1 aromatic heterocycles. The third-order valence-corrected chi connectivity index (χ3v) is 8.81. The standard InChI is InChI=1S/C29H41N5O4/c1-21-13-14-23(34(21)22-9-5-3-2-4-6-10-22)15-16-33-25-12-8-7-11-24(25)30-28(29(33)38)32-18-17-31(20-27(36)37)26(35)19-32/h7-8,11-12,21-23H,2-6,9-10,13-20H2,1H3,(H,36,37)/t21?,23-/m0/s1. The highest BCUT2D eigenvalue weighted by Crippen LogP contribution is 2.34. The Bertz CT molecular complexity index is 1210. The molecule has 3 heterocycles. The van der Waals surface area contributed by atoms with Gasteiger partial charge in [-0.25, -0.2) is 4.98 Å². The van der Waals surface area contributed by atoms with Gasteiger partial charge < -0.3 is 19.5 Å². The van der Waals surface area contributed by atoms with Crippen LogP contribution in [-0.4, -0.2) is 80.6 Å². The molecule has 2 atom stereocenters. The lowest BCUT2D eigenvalue weighted by atomic mass is 9.94. The number of aromatic nitrogens is 2. The summed E-state index contributed by atoms with van der Waals surface area (Å²) >= 11 is 0. The van der Waals surface area contributed by atoms with Gasteiger partial charge in [-0.05, 0) is 51.2 Å². The van der Waals surface area contributed by atoms with Crippen molar-refractivity contribution in [2.75, 3.05) is 31.1 Å².